The molecule has 4 rings (SSSR count). The molecule has 0 spiro atoms. The molecule has 10 nitrogen and oxygen atoms in total. The number of likely N-dealkylation sites (N-methyl/N-ethyl adjacent to an activating group) is 1. The van der Waals surface area contributed by atoms with Gasteiger partial charge in [0.05, 0.1) is 24.1 Å². The summed E-state index contributed by atoms with van der Waals surface area (Å²) in [5.74, 6) is -1.27. The van der Waals surface area contributed by atoms with Crippen LogP contribution in [0, 0.1) is 0 Å². The Kier molecular flexibility index (Phi) is 13.1. The number of carbonyl (C=O) groups is 4. The summed E-state index contributed by atoms with van der Waals surface area (Å²) in [6.07, 6.45) is 2.93. The van der Waals surface area contributed by atoms with E-state index in [1.54, 1.807) is 25.1 Å². The van der Waals surface area contributed by atoms with E-state index in [0.29, 0.717) is 39.9 Å². The molecule has 3 aromatic rings. The van der Waals surface area contributed by atoms with Crippen LogP contribution in [0.1, 0.15) is 77.5 Å². The Bertz CT molecular complexity index is 1800. The van der Waals surface area contributed by atoms with E-state index in [0.717, 1.165) is 16.5 Å². The van der Waals surface area contributed by atoms with Crippen molar-refractivity contribution in [2.75, 3.05) is 13.7 Å². The number of cyclic esters (lactones) is 1. The highest BCUT2D eigenvalue weighted by Gasteiger charge is 2.39. The first-order valence-electron chi connectivity index (χ1n) is 17.3. The average Bonchev–Trinajstić information content (AvgIpc) is 3.37. The van der Waals surface area contributed by atoms with E-state index in [1.165, 1.54) is 11.9 Å². The van der Waals surface area contributed by atoms with Gasteiger partial charge in [0.15, 0.2) is 0 Å². The number of esters is 1. The molecule has 0 aliphatic carbocycles. The lowest BCUT2D eigenvalue weighted by atomic mass is 9.99. The number of aromatic nitrogens is 1. The van der Waals surface area contributed by atoms with Gasteiger partial charge in [-0.2, -0.15) is 0 Å². The number of nitrogens with zero attached hydrogens (tertiary/aromatic N) is 1. The molecular weight excluding hydrogens is 707 g/mol. The lowest BCUT2D eigenvalue weighted by Crippen LogP contribution is -2.54. The number of nitrogens with one attached hydrogen (secondary N) is 3. The first-order chi connectivity index (χ1) is 23.9. The number of H-pyrrole nitrogens is 1. The van der Waals surface area contributed by atoms with Crippen molar-refractivity contribution >= 4 is 66.1 Å². The largest absolute Gasteiger partial charge is 0.543 e. The van der Waals surface area contributed by atoms with Crippen LogP contribution < -0.4 is 15.1 Å². The number of rotatable bonds is 5. The van der Waals surface area contributed by atoms with Gasteiger partial charge in [-0.3, -0.25) is 19.2 Å². The minimum Gasteiger partial charge on any atom is -0.543 e. The molecule has 2 heterocycles. The maximum atomic E-state index is 14.4. The number of amides is 3. The van der Waals surface area contributed by atoms with Crippen molar-refractivity contribution in [1.29, 1.82) is 0 Å². The molecule has 0 saturated heterocycles. The fourth-order valence-electron chi connectivity index (χ4n) is 5.68. The fraction of sp³-hybridized carbons (Fsp3) is 0.474. The maximum absolute atomic E-state index is 14.4. The standard InChI is InChI=1S/C38H50Cl2N4O6Si/c1-23-12-11-19-49-34(46)22-30(25-16-17-32(28(39)20-25)50-51(7,8)38(3,4)5)43-36(47)31(44(6)37(48)24(2)41-33(45)18-15-23)21-27-26-13-9-10-14-29(26)42-35(27)40/h9-10,12-14,16-17,20,24,30-31,42H,11,15,18-19,21-22H2,1-8H3,(H,41,45)(H,43,47)/b23-12+/t24-,30+,31+/m0/s1. The number of benzene rings is 2. The van der Waals surface area contributed by atoms with E-state index in [9.17, 15) is 19.2 Å². The van der Waals surface area contributed by atoms with Crippen molar-refractivity contribution in [2.24, 2.45) is 0 Å². The Labute approximate surface area is 311 Å². The van der Waals surface area contributed by atoms with Crippen LogP contribution in [0.3, 0.4) is 0 Å². The number of para-hydroxylation sites is 1. The second kappa shape index (κ2) is 16.7. The summed E-state index contributed by atoms with van der Waals surface area (Å²) in [7, 11) is -0.696. The van der Waals surface area contributed by atoms with E-state index in [1.807, 2.05) is 37.3 Å². The average molecular weight is 758 g/mol. The number of halogens is 2. The second-order valence-corrected chi connectivity index (χ2v) is 20.3. The van der Waals surface area contributed by atoms with Gasteiger partial charge < -0.3 is 29.7 Å². The third-order valence-electron chi connectivity index (χ3n) is 9.86. The molecular formula is C38H50Cl2N4O6Si. The summed E-state index contributed by atoms with van der Waals surface area (Å²) in [5, 5.41) is 7.24. The Balaban J connectivity index is 1.74. The minimum absolute atomic E-state index is 0.0544. The molecule has 0 unspecified atom stereocenters. The molecule has 3 N–H and O–H groups in total. The molecule has 13 heteroatoms. The molecule has 276 valence electrons. The van der Waals surface area contributed by atoms with Crippen LogP contribution in [0.5, 0.6) is 5.75 Å². The third-order valence-corrected chi connectivity index (χ3v) is 14.8. The highest BCUT2D eigenvalue weighted by molar-refractivity contribution is 6.74. The summed E-state index contributed by atoms with van der Waals surface area (Å²) in [4.78, 5) is 58.8. The van der Waals surface area contributed by atoms with Gasteiger partial charge in [-0.15, -0.1) is 0 Å². The summed E-state index contributed by atoms with van der Waals surface area (Å²) in [6, 6.07) is 9.90. The zero-order valence-electron chi connectivity index (χ0n) is 30.7. The lowest BCUT2D eigenvalue weighted by Gasteiger charge is -2.36. The molecule has 3 amide bonds. The minimum atomic E-state index is -2.22. The lowest BCUT2D eigenvalue weighted by molar-refractivity contribution is -0.145. The summed E-state index contributed by atoms with van der Waals surface area (Å²) in [5.41, 5.74) is 2.97. The second-order valence-electron chi connectivity index (χ2n) is 14.8. The first-order valence-corrected chi connectivity index (χ1v) is 21.0. The van der Waals surface area contributed by atoms with Crippen molar-refractivity contribution in [3.8, 4) is 5.75 Å². The molecule has 3 atom stereocenters. The zero-order chi connectivity index (χ0) is 37.7. The van der Waals surface area contributed by atoms with Crippen LogP contribution >= 0.6 is 23.2 Å². The molecule has 51 heavy (non-hydrogen) atoms. The van der Waals surface area contributed by atoms with E-state index in [4.69, 9.17) is 32.4 Å². The highest BCUT2D eigenvalue weighted by atomic mass is 35.5. The molecule has 0 fully saturated rings. The van der Waals surface area contributed by atoms with Gasteiger partial charge in [0.1, 0.15) is 23.0 Å². The number of ether oxygens (including phenoxy) is 1. The predicted molar refractivity (Wildman–Crippen MR) is 205 cm³/mol. The van der Waals surface area contributed by atoms with E-state index in [2.05, 4.69) is 49.5 Å². The number of hydrogen-bond acceptors (Lipinski definition) is 6. The van der Waals surface area contributed by atoms with E-state index in [-0.39, 0.29) is 36.8 Å². The van der Waals surface area contributed by atoms with Crippen LogP contribution in [0.4, 0.5) is 0 Å². The topological polar surface area (TPSA) is 130 Å². The maximum Gasteiger partial charge on any atom is 0.308 e. The smallest absolute Gasteiger partial charge is 0.308 e. The van der Waals surface area contributed by atoms with Crippen LogP contribution in [0.2, 0.25) is 28.3 Å². The summed E-state index contributed by atoms with van der Waals surface area (Å²) >= 11 is 13.5. The number of hydrogen-bond donors (Lipinski definition) is 3. The van der Waals surface area contributed by atoms with Crippen LogP contribution in [0.15, 0.2) is 54.1 Å². The first kappa shape index (κ1) is 40.0. The molecule has 0 saturated carbocycles. The Morgan fingerprint density at radius 3 is 2.41 bits per heavy atom. The van der Waals surface area contributed by atoms with Crippen LogP contribution in [-0.2, 0) is 30.3 Å². The van der Waals surface area contributed by atoms with Crippen LogP contribution in [-0.4, -0.2) is 67.6 Å². The SMILES string of the molecule is C/C1=C\CCOC(=O)C[C@H](c2ccc(O[Si](C)(C)C(C)(C)C)c(Cl)c2)NC(=O)[C@@H](Cc2c(Cl)[nH]c3ccccc23)N(C)C(=O)[C@H](C)NC(=O)CC1. The van der Waals surface area contributed by atoms with Gasteiger partial charge in [-0.25, -0.2) is 0 Å². The van der Waals surface area contributed by atoms with E-state index >= 15 is 0 Å². The van der Waals surface area contributed by atoms with Crippen molar-refractivity contribution < 1.29 is 28.3 Å². The predicted octanol–water partition coefficient (Wildman–Crippen LogP) is 7.65. The normalized spacial score (nSPS) is 22.0. The Hall–Kier alpha value is -3.80. The van der Waals surface area contributed by atoms with Gasteiger partial charge in [-0.05, 0) is 74.1 Å². The van der Waals surface area contributed by atoms with E-state index < -0.39 is 44.2 Å². The summed E-state index contributed by atoms with van der Waals surface area (Å²) < 4.78 is 12.0. The van der Waals surface area contributed by atoms with Crippen molar-refractivity contribution in [3.05, 3.63) is 75.4 Å². The van der Waals surface area contributed by atoms with Crippen LogP contribution in [0.25, 0.3) is 10.9 Å². The number of aromatic amines is 1. The Morgan fingerprint density at radius 1 is 1.02 bits per heavy atom. The van der Waals surface area contributed by atoms with Gasteiger partial charge in [-0.1, -0.05) is 79.9 Å². The number of allylic oxidation sites excluding steroid dienone is 1. The molecule has 1 aliphatic rings. The number of fused-ring (bicyclic) bond motifs is 1. The zero-order valence-corrected chi connectivity index (χ0v) is 33.3. The monoisotopic (exact) mass is 756 g/mol. The molecule has 1 aliphatic heterocycles. The van der Waals surface area contributed by atoms with Gasteiger partial charge >= 0.3 is 5.97 Å². The van der Waals surface area contributed by atoms with Crippen molar-refractivity contribution in [3.63, 3.8) is 0 Å². The highest BCUT2D eigenvalue weighted by Crippen LogP contribution is 2.40. The molecule has 2 aromatic carbocycles. The molecule has 0 bridgehead atoms. The third kappa shape index (κ3) is 10.2. The molecule has 0 radical (unpaired) electrons. The van der Waals surface area contributed by atoms with Gasteiger partial charge in [0.25, 0.3) is 8.32 Å². The quantitative estimate of drug-likeness (QED) is 0.139. The Morgan fingerprint density at radius 2 is 1.73 bits per heavy atom. The fourth-order valence-corrected chi connectivity index (χ4v) is 7.29. The number of carbonyl (C=O) groups excluding carboxylic acids is 4. The van der Waals surface area contributed by atoms with Gasteiger partial charge in [0.2, 0.25) is 17.7 Å². The van der Waals surface area contributed by atoms with Gasteiger partial charge in [0, 0.05) is 30.8 Å². The van der Waals surface area contributed by atoms with Crippen molar-refractivity contribution in [2.45, 2.75) is 103 Å². The van der Waals surface area contributed by atoms with Crippen molar-refractivity contribution in [1.82, 2.24) is 20.5 Å². The molecule has 1 aromatic heterocycles. The summed E-state index contributed by atoms with van der Waals surface area (Å²) in [6.45, 7) is 14.3.